The molecule has 18 heavy (non-hydrogen) atoms. The number of thiophene rings is 1. The van der Waals surface area contributed by atoms with Crippen molar-refractivity contribution in [2.24, 2.45) is 0 Å². The minimum atomic E-state index is -0.352. The molecule has 0 aliphatic rings. The second kappa shape index (κ2) is 9.35. The van der Waals surface area contributed by atoms with E-state index in [9.17, 15) is 5.11 Å². The molecule has 1 aromatic heterocycles. The SMILES string of the molecule is CCCCCCCCCC(O)c1cc(Cl)c(Br)s1. The van der Waals surface area contributed by atoms with Gasteiger partial charge in [0.2, 0.25) is 0 Å². The lowest BCUT2D eigenvalue weighted by molar-refractivity contribution is 0.167. The Balaban J connectivity index is 2.12. The summed E-state index contributed by atoms with van der Waals surface area (Å²) < 4.78 is 0.915. The van der Waals surface area contributed by atoms with Crippen LogP contribution in [-0.2, 0) is 0 Å². The fraction of sp³-hybridized carbons (Fsp3) is 0.714. The monoisotopic (exact) mass is 352 g/mol. The van der Waals surface area contributed by atoms with Crippen LogP contribution in [0.3, 0.4) is 0 Å². The molecule has 1 heterocycles. The van der Waals surface area contributed by atoms with E-state index in [0.29, 0.717) is 5.02 Å². The van der Waals surface area contributed by atoms with Gasteiger partial charge in [-0.2, -0.15) is 0 Å². The first kappa shape index (κ1) is 16.5. The molecule has 0 aliphatic carbocycles. The van der Waals surface area contributed by atoms with Crippen LogP contribution in [0.15, 0.2) is 9.85 Å². The molecule has 1 nitrogen and oxygen atoms in total. The molecule has 0 saturated heterocycles. The number of hydrogen-bond acceptors (Lipinski definition) is 2. The lowest BCUT2D eigenvalue weighted by atomic mass is 10.1. The van der Waals surface area contributed by atoms with Crippen LogP contribution in [0.2, 0.25) is 5.02 Å². The van der Waals surface area contributed by atoms with Gasteiger partial charge in [0.1, 0.15) is 0 Å². The molecule has 1 N–H and O–H groups in total. The summed E-state index contributed by atoms with van der Waals surface area (Å²) in [6, 6.07) is 1.86. The van der Waals surface area contributed by atoms with Crippen LogP contribution in [0.5, 0.6) is 0 Å². The van der Waals surface area contributed by atoms with E-state index in [1.165, 1.54) is 49.9 Å². The minimum absolute atomic E-state index is 0.352. The van der Waals surface area contributed by atoms with E-state index < -0.39 is 0 Å². The quantitative estimate of drug-likeness (QED) is 0.514. The van der Waals surface area contributed by atoms with E-state index in [4.69, 9.17) is 11.6 Å². The van der Waals surface area contributed by atoms with Crippen molar-refractivity contribution in [3.63, 3.8) is 0 Å². The van der Waals surface area contributed by atoms with Crippen molar-refractivity contribution in [3.05, 3.63) is 19.8 Å². The molecule has 0 aliphatic heterocycles. The van der Waals surface area contributed by atoms with E-state index in [-0.39, 0.29) is 6.10 Å². The van der Waals surface area contributed by atoms with Crippen LogP contribution < -0.4 is 0 Å². The summed E-state index contributed by atoms with van der Waals surface area (Å²) in [5, 5.41) is 10.7. The van der Waals surface area contributed by atoms with Crippen molar-refractivity contribution < 1.29 is 5.11 Å². The predicted molar refractivity (Wildman–Crippen MR) is 84.6 cm³/mol. The number of unbranched alkanes of at least 4 members (excludes halogenated alkanes) is 6. The van der Waals surface area contributed by atoms with Gasteiger partial charge in [-0.15, -0.1) is 11.3 Å². The molecule has 0 saturated carbocycles. The van der Waals surface area contributed by atoms with Crippen molar-refractivity contribution in [1.82, 2.24) is 0 Å². The number of halogens is 2. The van der Waals surface area contributed by atoms with Gasteiger partial charge in [-0.3, -0.25) is 0 Å². The molecule has 0 amide bonds. The summed E-state index contributed by atoms with van der Waals surface area (Å²) in [6.45, 7) is 2.24. The zero-order valence-corrected chi connectivity index (χ0v) is 14.1. The zero-order chi connectivity index (χ0) is 13.4. The zero-order valence-electron chi connectivity index (χ0n) is 10.9. The third kappa shape index (κ3) is 6.05. The molecular formula is C14H22BrClOS. The Labute approximate surface area is 128 Å². The molecule has 1 rings (SSSR count). The third-order valence-corrected chi connectivity index (χ3v) is 5.65. The molecular weight excluding hydrogens is 332 g/mol. The van der Waals surface area contributed by atoms with Gasteiger partial charge in [-0.1, -0.05) is 63.5 Å². The predicted octanol–water partition coefficient (Wildman–Crippen LogP) is 6.34. The minimum Gasteiger partial charge on any atom is -0.388 e. The number of rotatable bonds is 9. The fourth-order valence-electron chi connectivity index (χ4n) is 1.96. The van der Waals surface area contributed by atoms with Crippen molar-refractivity contribution in [3.8, 4) is 0 Å². The van der Waals surface area contributed by atoms with E-state index in [1.807, 2.05) is 6.07 Å². The molecule has 1 atom stereocenters. The largest absolute Gasteiger partial charge is 0.388 e. The summed E-state index contributed by atoms with van der Waals surface area (Å²) in [6.07, 6.45) is 9.44. The lowest BCUT2D eigenvalue weighted by Gasteiger charge is -2.07. The number of aliphatic hydroxyl groups excluding tert-OH is 1. The van der Waals surface area contributed by atoms with Crippen molar-refractivity contribution in [1.29, 1.82) is 0 Å². The van der Waals surface area contributed by atoms with Gasteiger partial charge >= 0.3 is 0 Å². The molecule has 1 unspecified atom stereocenters. The average molecular weight is 354 g/mol. The maximum atomic E-state index is 10.0. The van der Waals surface area contributed by atoms with Crippen LogP contribution in [0.4, 0.5) is 0 Å². The Morgan fingerprint density at radius 1 is 1.22 bits per heavy atom. The van der Waals surface area contributed by atoms with Gasteiger partial charge in [-0.05, 0) is 28.4 Å². The standard InChI is InChI=1S/C14H22BrClOS/c1-2-3-4-5-6-7-8-9-12(17)13-10-11(16)14(15)18-13/h10,12,17H,2-9H2,1H3. The number of aliphatic hydroxyl groups is 1. The van der Waals surface area contributed by atoms with Gasteiger partial charge in [0.25, 0.3) is 0 Å². The summed E-state index contributed by atoms with van der Waals surface area (Å²) in [5.41, 5.74) is 0. The first-order valence-corrected chi connectivity index (χ1v) is 8.76. The second-order valence-electron chi connectivity index (χ2n) is 4.70. The van der Waals surface area contributed by atoms with Gasteiger partial charge < -0.3 is 5.11 Å². The molecule has 104 valence electrons. The first-order chi connectivity index (χ1) is 8.65. The van der Waals surface area contributed by atoms with Crippen LogP contribution in [-0.4, -0.2) is 5.11 Å². The fourth-order valence-corrected chi connectivity index (χ4v) is 3.73. The Bertz CT molecular complexity index is 321. The van der Waals surface area contributed by atoms with Crippen molar-refractivity contribution in [2.45, 2.75) is 64.4 Å². The van der Waals surface area contributed by atoms with E-state index in [2.05, 4.69) is 22.9 Å². The van der Waals surface area contributed by atoms with E-state index >= 15 is 0 Å². The molecule has 0 aromatic carbocycles. The van der Waals surface area contributed by atoms with Crippen LogP contribution >= 0.6 is 38.9 Å². The molecule has 0 spiro atoms. The Hall–Kier alpha value is 0.430. The van der Waals surface area contributed by atoms with Crippen LogP contribution in [0.25, 0.3) is 0 Å². The highest BCUT2D eigenvalue weighted by atomic mass is 79.9. The maximum Gasteiger partial charge on any atom is 0.0888 e. The normalized spacial score (nSPS) is 12.9. The van der Waals surface area contributed by atoms with Gasteiger partial charge in [0.15, 0.2) is 0 Å². The number of hydrogen-bond donors (Lipinski definition) is 1. The third-order valence-electron chi connectivity index (χ3n) is 3.07. The van der Waals surface area contributed by atoms with E-state index in [0.717, 1.165) is 21.5 Å². The summed E-state index contributed by atoms with van der Waals surface area (Å²) in [4.78, 5) is 0.970. The highest BCUT2D eigenvalue weighted by molar-refractivity contribution is 9.11. The Morgan fingerprint density at radius 2 is 1.83 bits per heavy atom. The molecule has 0 radical (unpaired) electrons. The highest BCUT2D eigenvalue weighted by Gasteiger charge is 2.12. The molecule has 0 bridgehead atoms. The second-order valence-corrected chi connectivity index (χ2v) is 7.51. The van der Waals surface area contributed by atoms with Crippen LogP contribution in [0, 0.1) is 0 Å². The van der Waals surface area contributed by atoms with Crippen molar-refractivity contribution in [2.75, 3.05) is 0 Å². The van der Waals surface area contributed by atoms with E-state index in [1.54, 1.807) is 0 Å². The van der Waals surface area contributed by atoms with Crippen molar-refractivity contribution >= 4 is 38.9 Å². The average Bonchev–Trinajstić information content (AvgIpc) is 2.68. The molecule has 4 heteroatoms. The molecule has 1 aromatic rings. The van der Waals surface area contributed by atoms with Gasteiger partial charge in [0.05, 0.1) is 14.9 Å². The summed E-state index contributed by atoms with van der Waals surface area (Å²) >= 11 is 10.9. The first-order valence-electron chi connectivity index (χ1n) is 6.78. The topological polar surface area (TPSA) is 20.2 Å². The Morgan fingerprint density at radius 3 is 2.39 bits per heavy atom. The lowest BCUT2D eigenvalue weighted by Crippen LogP contribution is -1.94. The highest BCUT2D eigenvalue weighted by Crippen LogP contribution is 2.36. The summed E-state index contributed by atoms with van der Waals surface area (Å²) in [7, 11) is 0. The van der Waals surface area contributed by atoms with Gasteiger partial charge in [0, 0.05) is 4.88 Å². The summed E-state index contributed by atoms with van der Waals surface area (Å²) in [5.74, 6) is 0. The van der Waals surface area contributed by atoms with Crippen LogP contribution in [0.1, 0.15) is 69.3 Å². The van der Waals surface area contributed by atoms with Gasteiger partial charge in [-0.25, -0.2) is 0 Å². The Kier molecular flexibility index (Phi) is 8.56. The smallest absolute Gasteiger partial charge is 0.0888 e. The maximum absolute atomic E-state index is 10.0. The molecule has 0 fully saturated rings.